The molecule has 0 bridgehead atoms. The number of carbonyl (C=O) groups is 3. The van der Waals surface area contributed by atoms with Gasteiger partial charge in [0.1, 0.15) is 5.41 Å². The SMILES string of the molecule is CCC(CC)C(C)N1C(=O)NC(=O)C(CC)(CC)C1=O. The van der Waals surface area contributed by atoms with Crippen molar-refractivity contribution in [3.8, 4) is 0 Å². The van der Waals surface area contributed by atoms with Gasteiger partial charge in [-0.2, -0.15) is 0 Å². The molecule has 0 aromatic rings. The van der Waals surface area contributed by atoms with E-state index in [9.17, 15) is 14.4 Å². The first-order valence-electron chi connectivity index (χ1n) is 7.58. The predicted octanol–water partition coefficient (Wildman–Crippen LogP) is 2.70. The standard InChI is InChI=1S/C15H26N2O3/c1-6-11(7-2)10(5)17-13(19)15(8-3,9-4)12(18)16-14(17)20/h10-11H,6-9H2,1-5H3,(H,16,18,20). The van der Waals surface area contributed by atoms with E-state index in [1.54, 1.807) is 0 Å². The van der Waals surface area contributed by atoms with E-state index in [1.807, 2.05) is 20.8 Å². The average Bonchev–Trinajstić information content (AvgIpc) is 2.41. The molecule has 114 valence electrons. The molecule has 1 aliphatic heterocycles. The van der Waals surface area contributed by atoms with E-state index in [4.69, 9.17) is 0 Å². The second kappa shape index (κ2) is 6.37. The van der Waals surface area contributed by atoms with Crippen molar-refractivity contribution in [3.05, 3.63) is 0 Å². The number of amides is 4. The Kier molecular flexibility index (Phi) is 5.31. The van der Waals surface area contributed by atoms with Gasteiger partial charge in [-0.15, -0.1) is 0 Å². The fourth-order valence-electron chi connectivity index (χ4n) is 3.12. The summed E-state index contributed by atoms with van der Waals surface area (Å²) in [5.74, 6) is -0.537. The van der Waals surface area contributed by atoms with Crippen molar-refractivity contribution in [1.82, 2.24) is 10.2 Å². The van der Waals surface area contributed by atoms with Gasteiger partial charge in [0, 0.05) is 6.04 Å². The lowest BCUT2D eigenvalue weighted by Crippen LogP contribution is -2.66. The fraction of sp³-hybridized carbons (Fsp3) is 0.800. The summed E-state index contributed by atoms with van der Waals surface area (Å²) in [4.78, 5) is 38.2. The highest BCUT2D eigenvalue weighted by molar-refractivity contribution is 6.19. The van der Waals surface area contributed by atoms with Gasteiger partial charge in [0.2, 0.25) is 11.8 Å². The van der Waals surface area contributed by atoms with Crippen molar-refractivity contribution in [1.29, 1.82) is 0 Å². The third kappa shape index (κ3) is 2.45. The lowest BCUT2D eigenvalue weighted by atomic mass is 9.77. The molecule has 20 heavy (non-hydrogen) atoms. The molecular weight excluding hydrogens is 256 g/mol. The maximum absolute atomic E-state index is 12.8. The number of rotatable bonds is 6. The highest BCUT2D eigenvalue weighted by Crippen LogP contribution is 2.34. The lowest BCUT2D eigenvalue weighted by Gasteiger charge is -2.42. The third-order valence-electron chi connectivity index (χ3n) is 4.85. The molecule has 1 atom stereocenters. The summed E-state index contributed by atoms with van der Waals surface area (Å²) in [5, 5.41) is 2.36. The van der Waals surface area contributed by atoms with E-state index in [0.717, 1.165) is 12.8 Å². The van der Waals surface area contributed by atoms with Gasteiger partial charge in [-0.3, -0.25) is 19.8 Å². The van der Waals surface area contributed by atoms with Gasteiger partial charge in [0.05, 0.1) is 0 Å². The zero-order chi connectivity index (χ0) is 15.5. The number of nitrogens with zero attached hydrogens (tertiary/aromatic N) is 1. The van der Waals surface area contributed by atoms with Gasteiger partial charge in [-0.25, -0.2) is 4.79 Å². The molecule has 5 heteroatoms. The maximum Gasteiger partial charge on any atom is 0.331 e. The first kappa shape index (κ1) is 16.7. The highest BCUT2D eigenvalue weighted by Gasteiger charge is 2.53. The van der Waals surface area contributed by atoms with Crippen LogP contribution in [0.4, 0.5) is 4.79 Å². The van der Waals surface area contributed by atoms with Gasteiger partial charge in [-0.05, 0) is 25.7 Å². The van der Waals surface area contributed by atoms with Crippen LogP contribution >= 0.6 is 0 Å². The molecule has 1 unspecified atom stereocenters. The molecule has 1 rings (SSSR count). The zero-order valence-corrected chi connectivity index (χ0v) is 13.2. The van der Waals surface area contributed by atoms with Crippen LogP contribution in [0, 0.1) is 11.3 Å². The summed E-state index contributed by atoms with van der Waals surface area (Å²) >= 11 is 0. The molecule has 5 nitrogen and oxygen atoms in total. The second-order valence-corrected chi connectivity index (χ2v) is 5.54. The summed E-state index contributed by atoms with van der Waals surface area (Å²) in [7, 11) is 0. The molecule has 0 aliphatic carbocycles. The van der Waals surface area contributed by atoms with E-state index in [0.29, 0.717) is 12.8 Å². The summed E-state index contributed by atoms with van der Waals surface area (Å²) in [5.41, 5.74) is -1.09. The number of carbonyl (C=O) groups excluding carboxylic acids is 3. The molecule has 1 heterocycles. The first-order valence-corrected chi connectivity index (χ1v) is 7.58. The normalized spacial score (nSPS) is 20.3. The van der Waals surface area contributed by atoms with Crippen LogP contribution in [0.15, 0.2) is 0 Å². The van der Waals surface area contributed by atoms with Crippen LogP contribution in [0.5, 0.6) is 0 Å². The Balaban J connectivity index is 3.16. The van der Waals surface area contributed by atoms with Crippen molar-refractivity contribution in [2.24, 2.45) is 11.3 Å². The Bertz CT molecular complexity index is 398. The van der Waals surface area contributed by atoms with Gasteiger partial charge in [-0.1, -0.05) is 40.5 Å². The number of hydrogen-bond acceptors (Lipinski definition) is 3. The minimum Gasteiger partial charge on any atom is -0.277 e. The van der Waals surface area contributed by atoms with Crippen molar-refractivity contribution < 1.29 is 14.4 Å². The molecule has 0 aromatic carbocycles. The van der Waals surface area contributed by atoms with Crippen LogP contribution in [-0.2, 0) is 9.59 Å². The lowest BCUT2D eigenvalue weighted by molar-refractivity contribution is -0.154. The monoisotopic (exact) mass is 282 g/mol. The van der Waals surface area contributed by atoms with E-state index in [2.05, 4.69) is 19.2 Å². The maximum atomic E-state index is 12.8. The van der Waals surface area contributed by atoms with E-state index in [-0.39, 0.29) is 17.9 Å². The van der Waals surface area contributed by atoms with Crippen LogP contribution in [0.25, 0.3) is 0 Å². The minimum absolute atomic E-state index is 0.192. The van der Waals surface area contributed by atoms with Crippen LogP contribution in [0.3, 0.4) is 0 Å². The van der Waals surface area contributed by atoms with Crippen LogP contribution < -0.4 is 5.32 Å². The summed E-state index contributed by atoms with van der Waals surface area (Å²) in [6, 6.07) is -0.764. The Labute approximate surface area is 121 Å². The van der Waals surface area contributed by atoms with Crippen LogP contribution in [0.1, 0.15) is 60.3 Å². The Morgan fingerprint density at radius 3 is 1.95 bits per heavy atom. The van der Waals surface area contributed by atoms with Crippen molar-refractivity contribution in [2.45, 2.75) is 66.3 Å². The van der Waals surface area contributed by atoms with Gasteiger partial charge in [0.15, 0.2) is 0 Å². The van der Waals surface area contributed by atoms with Gasteiger partial charge in [0.25, 0.3) is 0 Å². The van der Waals surface area contributed by atoms with Crippen LogP contribution in [0.2, 0.25) is 0 Å². The first-order chi connectivity index (χ1) is 9.39. The van der Waals surface area contributed by atoms with E-state index >= 15 is 0 Å². The van der Waals surface area contributed by atoms with Crippen molar-refractivity contribution >= 4 is 17.8 Å². The number of imide groups is 2. The van der Waals surface area contributed by atoms with E-state index < -0.39 is 17.4 Å². The summed E-state index contributed by atoms with van der Waals surface area (Å²) in [6.45, 7) is 9.62. The van der Waals surface area contributed by atoms with Crippen molar-refractivity contribution in [2.75, 3.05) is 0 Å². The Morgan fingerprint density at radius 2 is 1.55 bits per heavy atom. The largest absolute Gasteiger partial charge is 0.331 e. The Morgan fingerprint density at radius 1 is 1.05 bits per heavy atom. The summed E-state index contributed by atoms with van der Waals surface area (Å²) in [6.07, 6.45) is 2.61. The zero-order valence-electron chi connectivity index (χ0n) is 13.2. The molecule has 0 saturated carbocycles. The molecule has 4 amide bonds. The van der Waals surface area contributed by atoms with Crippen LogP contribution in [-0.4, -0.2) is 28.8 Å². The van der Waals surface area contributed by atoms with Crippen molar-refractivity contribution in [3.63, 3.8) is 0 Å². The molecule has 1 aliphatic rings. The number of urea groups is 1. The third-order valence-corrected chi connectivity index (χ3v) is 4.85. The molecule has 1 fully saturated rings. The topological polar surface area (TPSA) is 66.5 Å². The molecule has 0 aromatic heterocycles. The Hall–Kier alpha value is -1.39. The predicted molar refractivity (Wildman–Crippen MR) is 76.9 cm³/mol. The van der Waals surface area contributed by atoms with Gasteiger partial charge < -0.3 is 0 Å². The smallest absolute Gasteiger partial charge is 0.277 e. The average molecular weight is 282 g/mol. The molecule has 1 N–H and O–H groups in total. The number of barbiturate groups is 1. The second-order valence-electron chi connectivity index (χ2n) is 5.54. The quantitative estimate of drug-likeness (QED) is 0.762. The highest BCUT2D eigenvalue weighted by atomic mass is 16.2. The summed E-state index contributed by atoms with van der Waals surface area (Å²) < 4.78 is 0. The molecule has 0 spiro atoms. The molecule has 0 radical (unpaired) electrons. The minimum atomic E-state index is -1.09. The van der Waals surface area contributed by atoms with E-state index in [1.165, 1.54) is 4.90 Å². The number of nitrogens with one attached hydrogen (secondary N) is 1. The fourth-order valence-corrected chi connectivity index (χ4v) is 3.12. The molecule has 1 saturated heterocycles. The molecular formula is C15H26N2O3. The van der Waals surface area contributed by atoms with Gasteiger partial charge >= 0.3 is 6.03 Å². The number of hydrogen-bond donors (Lipinski definition) is 1.